The van der Waals surface area contributed by atoms with Crippen molar-refractivity contribution in [1.82, 2.24) is 9.97 Å². The van der Waals surface area contributed by atoms with E-state index in [1.54, 1.807) is 30.7 Å². The Hall–Kier alpha value is -3.03. The van der Waals surface area contributed by atoms with Gasteiger partial charge in [-0.05, 0) is 55.5 Å². The Morgan fingerprint density at radius 3 is 2.67 bits per heavy atom. The van der Waals surface area contributed by atoms with Crippen LogP contribution in [0.5, 0.6) is 5.75 Å². The number of nitrogens with zero attached hydrogens (tertiary/aromatic N) is 2. The van der Waals surface area contributed by atoms with Gasteiger partial charge < -0.3 is 10.1 Å². The molecule has 0 radical (unpaired) electrons. The molecule has 4 rings (SSSR count). The molecule has 4 aromatic rings. The summed E-state index contributed by atoms with van der Waals surface area (Å²) in [4.78, 5) is 21.4. The molecular formula is C23H18BrN3O2S. The topological polar surface area (TPSA) is 64.1 Å². The first-order chi connectivity index (χ1) is 14.6. The molecule has 0 aliphatic rings. The summed E-state index contributed by atoms with van der Waals surface area (Å²) in [5, 5.41) is 5.82. The molecule has 30 heavy (non-hydrogen) atoms. The number of amides is 1. The fraction of sp³-hybridized carbons (Fsp3) is 0.0870. The minimum absolute atomic E-state index is 0.218. The number of carbonyl (C=O) groups excluding carboxylic acids is 1. The minimum Gasteiger partial charge on any atom is -0.481 e. The van der Waals surface area contributed by atoms with Crippen molar-refractivity contribution in [3.8, 4) is 27.6 Å². The zero-order valence-electron chi connectivity index (χ0n) is 16.1. The highest BCUT2D eigenvalue weighted by Gasteiger charge is 2.15. The SMILES string of the molecule is CC(Oc1ccc(Br)cc1)C(=O)Nc1cccc(-c2csc(-c3cccnc3)n2)c1. The van der Waals surface area contributed by atoms with Crippen molar-refractivity contribution in [2.75, 3.05) is 5.32 Å². The van der Waals surface area contributed by atoms with E-state index in [1.165, 1.54) is 0 Å². The van der Waals surface area contributed by atoms with Crippen molar-refractivity contribution in [3.63, 3.8) is 0 Å². The highest BCUT2D eigenvalue weighted by atomic mass is 79.9. The summed E-state index contributed by atoms with van der Waals surface area (Å²) < 4.78 is 6.68. The Kier molecular flexibility index (Phi) is 6.21. The maximum absolute atomic E-state index is 12.6. The summed E-state index contributed by atoms with van der Waals surface area (Å²) in [5.74, 6) is 0.421. The Labute approximate surface area is 186 Å². The summed E-state index contributed by atoms with van der Waals surface area (Å²) in [5.41, 5.74) is 3.46. The fourth-order valence-electron chi connectivity index (χ4n) is 2.80. The van der Waals surface area contributed by atoms with Crippen molar-refractivity contribution in [1.29, 1.82) is 0 Å². The second kappa shape index (κ2) is 9.19. The first-order valence-electron chi connectivity index (χ1n) is 9.28. The molecule has 0 fully saturated rings. The Morgan fingerprint density at radius 2 is 1.90 bits per heavy atom. The van der Waals surface area contributed by atoms with E-state index in [9.17, 15) is 4.79 Å². The van der Waals surface area contributed by atoms with Crippen molar-refractivity contribution < 1.29 is 9.53 Å². The summed E-state index contributed by atoms with van der Waals surface area (Å²) in [6.45, 7) is 1.72. The Balaban J connectivity index is 1.45. The number of halogens is 1. The van der Waals surface area contributed by atoms with Gasteiger partial charge in [0.25, 0.3) is 5.91 Å². The predicted molar refractivity (Wildman–Crippen MR) is 124 cm³/mol. The van der Waals surface area contributed by atoms with E-state index in [2.05, 4.69) is 26.2 Å². The summed E-state index contributed by atoms with van der Waals surface area (Å²) >= 11 is 4.95. The second-order valence-corrected chi connectivity index (χ2v) is 8.34. The first-order valence-corrected chi connectivity index (χ1v) is 11.0. The standard InChI is InChI=1S/C23H18BrN3O2S/c1-15(29-20-9-7-18(24)8-10-20)22(28)26-19-6-2-4-16(12-19)21-14-30-23(27-21)17-5-3-11-25-13-17/h2-15H,1H3,(H,26,28). The van der Waals surface area contributed by atoms with Gasteiger partial charge in [0.05, 0.1) is 5.69 Å². The second-order valence-electron chi connectivity index (χ2n) is 6.56. The molecule has 0 saturated heterocycles. The summed E-state index contributed by atoms with van der Waals surface area (Å²) in [6, 6.07) is 18.9. The largest absolute Gasteiger partial charge is 0.481 e. The number of pyridine rings is 1. The molecule has 1 unspecified atom stereocenters. The lowest BCUT2D eigenvalue weighted by atomic mass is 10.1. The lowest BCUT2D eigenvalue weighted by Gasteiger charge is -2.15. The molecule has 0 aliphatic heterocycles. The highest BCUT2D eigenvalue weighted by Crippen LogP contribution is 2.29. The molecule has 1 N–H and O–H groups in total. The van der Waals surface area contributed by atoms with Crippen LogP contribution in [0.1, 0.15) is 6.92 Å². The zero-order valence-corrected chi connectivity index (χ0v) is 18.5. The van der Waals surface area contributed by atoms with Gasteiger partial charge in [0.15, 0.2) is 6.10 Å². The number of aromatic nitrogens is 2. The molecule has 1 atom stereocenters. The van der Waals surface area contributed by atoms with Crippen molar-refractivity contribution in [2.45, 2.75) is 13.0 Å². The van der Waals surface area contributed by atoms with E-state index < -0.39 is 6.10 Å². The number of rotatable bonds is 6. The van der Waals surface area contributed by atoms with Crippen molar-refractivity contribution in [2.24, 2.45) is 0 Å². The normalized spacial score (nSPS) is 11.7. The van der Waals surface area contributed by atoms with Gasteiger partial charge >= 0.3 is 0 Å². The van der Waals surface area contributed by atoms with E-state index in [-0.39, 0.29) is 5.91 Å². The van der Waals surface area contributed by atoms with Crippen molar-refractivity contribution in [3.05, 3.63) is 82.9 Å². The molecule has 0 bridgehead atoms. The van der Waals surface area contributed by atoms with Crippen LogP contribution in [0.15, 0.2) is 82.9 Å². The van der Waals surface area contributed by atoms with Gasteiger partial charge in [0, 0.05) is 39.1 Å². The smallest absolute Gasteiger partial charge is 0.265 e. The van der Waals surface area contributed by atoms with Crippen LogP contribution in [0.2, 0.25) is 0 Å². The summed E-state index contributed by atoms with van der Waals surface area (Å²) in [7, 11) is 0. The molecule has 2 aromatic heterocycles. The minimum atomic E-state index is -0.633. The average Bonchev–Trinajstić information content (AvgIpc) is 3.26. The van der Waals surface area contributed by atoms with Gasteiger partial charge in [-0.25, -0.2) is 4.98 Å². The lowest BCUT2D eigenvalue weighted by molar-refractivity contribution is -0.122. The van der Waals surface area contributed by atoms with E-state index in [1.807, 2.05) is 66.0 Å². The molecule has 150 valence electrons. The highest BCUT2D eigenvalue weighted by molar-refractivity contribution is 9.10. The number of nitrogens with one attached hydrogen (secondary N) is 1. The maximum atomic E-state index is 12.6. The van der Waals surface area contributed by atoms with Crippen LogP contribution in [0.4, 0.5) is 5.69 Å². The predicted octanol–water partition coefficient (Wildman–Crippen LogP) is 6.04. The zero-order chi connectivity index (χ0) is 20.9. The van der Waals surface area contributed by atoms with Gasteiger partial charge in [-0.3, -0.25) is 9.78 Å². The van der Waals surface area contributed by atoms with E-state index >= 15 is 0 Å². The van der Waals surface area contributed by atoms with Crippen LogP contribution in [0.25, 0.3) is 21.8 Å². The number of anilines is 1. The van der Waals surface area contributed by atoms with Gasteiger partial charge in [0.2, 0.25) is 0 Å². The Morgan fingerprint density at radius 1 is 1.10 bits per heavy atom. The Bertz CT molecular complexity index is 1150. The molecule has 7 heteroatoms. The lowest BCUT2D eigenvalue weighted by Crippen LogP contribution is -2.30. The van der Waals surface area contributed by atoms with Crippen LogP contribution < -0.4 is 10.1 Å². The fourth-order valence-corrected chi connectivity index (χ4v) is 3.88. The van der Waals surface area contributed by atoms with Crippen LogP contribution >= 0.6 is 27.3 Å². The monoisotopic (exact) mass is 479 g/mol. The van der Waals surface area contributed by atoms with Gasteiger partial charge in [0.1, 0.15) is 10.8 Å². The molecule has 0 spiro atoms. The number of carbonyl (C=O) groups is 1. The number of benzene rings is 2. The third-order valence-corrected chi connectivity index (χ3v) is 5.75. The number of hydrogen-bond donors (Lipinski definition) is 1. The van der Waals surface area contributed by atoms with E-state index in [0.717, 1.165) is 26.3 Å². The van der Waals surface area contributed by atoms with Crippen LogP contribution in [-0.4, -0.2) is 22.0 Å². The molecule has 0 saturated carbocycles. The first kappa shape index (κ1) is 20.3. The molecule has 0 aliphatic carbocycles. The molecule has 5 nitrogen and oxygen atoms in total. The third kappa shape index (κ3) is 4.93. The molecule has 1 amide bonds. The van der Waals surface area contributed by atoms with Crippen molar-refractivity contribution >= 4 is 38.9 Å². The number of hydrogen-bond acceptors (Lipinski definition) is 5. The average molecular weight is 480 g/mol. The van der Waals surface area contributed by atoms with E-state index in [4.69, 9.17) is 9.72 Å². The third-order valence-electron chi connectivity index (χ3n) is 4.33. The molecular weight excluding hydrogens is 462 g/mol. The molecule has 2 aromatic carbocycles. The number of ether oxygens (including phenoxy) is 1. The van der Waals surface area contributed by atoms with Gasteiger partial charge in [-0.1, -0.05) is 28.1 Å². The number of thiazole rings is 1. The molecule has 2 heterocycles. The van der Waals surface area contributed by atoms with Gasteiger partial charge in [-0.15, -0.1) is 11.3 Å². The van der Waals surface area contributed by atoms with Gasteiger partial charge in [-0.2, -0.15) is 0 Å². The summed E-state index contributed by atoms with van der Waals surface area (Å²) in [6.07, 6.45) is 2.91. The quantitative estimate of drug-likeness (QED) is 0.366. The maximum Gasteiger partial charge on any atom is 0.265 e. The van der Waals surface area contributed by atoms with E-state index in [0.29, 0.717) is 11.4 Å². The van der Waals surface area contributed by atoms with Crippen LogP contribution in [-0.2, 0) is 4.79 Å². The van der Waals surface area contributed by atoms with Crippen LogP contribution in [0.3, 0.4) is 0 Å². The van der Waals surface area contributed by atoms with Crippen LogP contribution in [0, 0.1) is 0 Å².